The van der Waals surface area contributed by atoms with Crippen LogP contribution in [0.2, 0.25) is 0 Å². The Kier molecular flexibility index (Phi) is 5.56. The van der Waals surface area contributed by atoms with Gasteiger partial charge in [0.1, 0.15) is 5.76 Å². The Hall–Kier alpha value is -3.61. The van der Waals surface area contributed by atoms with Crippen molar-refractivity contribution in [1.29, 1.82) is 0 Å². The lowest BCUT2D eigenvalue weighted by Crippen LogP contribution is -2.42. The Labute approximate surface area is 168 Å². The summed E-state index contributed by atoms with van der Waals surface area (Å²) in [6.45, 7) is 0.729. The molecule has 3 aromatic rings. The molecule has 3 heterocycles. The minimum absolute atomic E-state index is 0.0945. The SMILES string of the molecule is O=C(CCCN1C(=O)[C@H](c2ccccc2)Oc2cccnc21)NCc1ccco1. The minimum atomic E-state index is -0.722. The van der Waals surface area contributed by atoms with E-state index in [1.54, 1.807) is 41.6 Å². The molecule has 0 radical (unpaired) electrons. The molecule has 0 aliphatic carbocycles. The number of nitrogens with zero attached hydrogens (tertiary/aromatic N) is 2. The number of hydrogen-bond donors (Lipinski definition) is 1. The van der Waals surface area contributed by atoms with Gasteiger partial charge in [0, 0.05) is 24.7 Å². The fourth-order valence-electron chi connectivity index (χ4n) is 3.24. The van der Waals surface area contributed by atoms with Crippen LogP contribution in [0.3, 0.4) is 0 Å². The molecule has 148 valence electrons. The number of ether oxygens (including phenoxy) is 1. The highest BCUT2D eigenvalue weighted by atomic mass is 16.5. The summed E-state index contributed by atoms with van der Waals surface area (Å²) >= 11 is 0. The molecular weight excluding hydrogens is 370 g/mol. The number of rotatable bonds is 7. The maximum atomic E-state index is 13.1. The first kappa shape index (κ1) is 18.7. The Morgan fingerprint density at radius 2 is 1.97 bits per heavy atom. The van der Waals surface area contributed by atoms with Gasteiger partial charge in [-0.05, 0) is 30.7 Å². The molecule has 0 saturated heterocycles. The number of amides is 2. The third kappa shape index (κ3) is 4.29. The second-order valence-corrected chi connectivity index (χ2v) is 6.68. The van der Waals surface area contributed by atoms with Crippen molar-refractivity contribution in [2.75, 3.05) is 11.4 Å². The van der Waals surface area contributed by atoms with Crippen LogP contribution in [0.15, 0.2) is 71.5 Å². The van der Waals surface area contributed by atoms with Gasteiger partial charge in [0.25, 0.3) is 5.91 Å². The molecule has 2 aromatic heterocycles. The summed E-state index contributed by atoms with van der Waals surface area (Å²) in [6.07, 6.45) is 3.28. The zero-order chi connectivity index (χ0) is 20.1. The number of carbonyl (C=O) groups is 2. The number of pyridine rings is 1. The molecule has 0 bridgehead atoms. The molecule has 0 saturated carbocycles. The second kappa shape index (κ2) is 8.60. The van der Waals surface area contributed by atoms with Crippen molar-refractivity contribution in [1.82, 2.24) is 10.3 Å². The van der Waals surface area contributed by atoms with Crippen LogP contribution >= 0.6 is 0 Å². The highest BCUT2D eigenvalue weighted by Crippen LogP contribution is 2.37. The maximum Gasteiger partial charge on any atom is 0.274 e. The van der Waals surface area contributed by atoms with Gasteiger partial charge in [0.05, 0.1) is 12.8 Å². The van der Waals surface area contributed by atoms with E-state index in [0.29, 0.717) is 43.3 Å². The highest BCUT2D eigenvalue weighted by molar-refractivity contribution is 5.99. The predicted octanol–water partition coefficient (Wildman–Crippen LogP) is 3.24. The number of aromatic nitrogens is 1. The Morgan fingerprint density at radius 3 is 2.76 bits per heavy atom. The number of hydrogen-bond acceptors (Lipinski definition) is 5. The van der Waals surface area contributed by atoms with Gasteiger partial charge in [-0.3, -0.25) is 14.5 Å². The lowest BCUT2D eigenvalue weighted by atomic mass is 10.1. The molecule has 2 amide bonds. The van der Waals surface area contributed by atoms with Crippen molar-refractivity contribution in [2.24, 2.45) is 0 Å². The zero-order valence-electron chi connectivity index (χ0n) is 15.8. The minimum Gasteiger partial charge on any atom is -0.472 e. The average Bonchev–Trinajstić information content (AvgIpc) is 3.28. The van der Waals surface area contributed by atoms with E-state index < -0.39 is 6.10 Å². The molecule has 0 fully saturated rings. The van der Waals surface area contributed by atoms with Crippen molar-refractivity contribution in [2.45, 2.75) is 25.5 Å². The summed E-state index contributed by atoms with van der Waals surface area (Å²) in [7, 11) is 0. The van der Waals surface area contributed by atoms with Crippen molar-refractivity contribution >= 4 is 17.6 Å². The molecule has 1 aliphatic rings. The first-order chi connectivity index (χ1) is 14.2. The quantitative estimate of drug-likeness (QED) is 0.668. The van der Waals surface area contributed by atoms with Gasteiger partial charge >= 0.3 is 0 Å². The van der Waals surface area contributed by atoms with Gasteiger partial charge in [-0.1, -0.05) is 30.3 Å². The van der Waals surface area contributed by atoms with Gasteiger partial charge in [-0.2, -0.15) is 0 Å². The summed E-state index contributed by atoms with van der Waals surface area (Å²) in [6, 6.07) is 16.5. The van der Waals surface area contributed by atoms with Gasteiger partial charge < -0.3 is 14.5 Å². The fourth-order valence-corrected chi connectivity index (χ4v) is 3.24. The lowest BCUT2D eigenvalue weighted by molar-refractivity contribution is -0.127. The summed E-state index contributed by atoms with van der Waals surface area (Å²) in [5.74, 6) is 1.47. The Morgan fingerprint density at radius 1 is 1.10 bits per heavy atom. The van der Waals surface area contributed by atoms with Crippen LogP contribution < -0.4 is 15.0 Å². The maximum absolute atomic E-state index is 13.1. The van der Waals surface area contributed by atoms with Crippen LogP contribution in [0.1, 0.15) is 30.3 Å². The van der Waals surface area contributed by atoms with E-state index in [1.165, 1.54) is 0 Å². The Bertz CT molecular complexity index is 973. The van der Waals surface area contributed by atoms with Crippen molar-refractivity contribution in [3.05, 3.63) is 78.4 Å². The largest absolute Gasteiger partial charge is 0.472 e. The number of anilines is 1. The van der Waals surface area contributed by atoms with Crippen LogP contribution in [0.5, 0.6) is 5.75 Å². The summed E-state index contributed by atoms with van der Waals surface area (Å²) in [5.41, 5.74) is 0.785. The number of furan rings is 1. The first-order valence-corrected chi connectivity index (χ1v) is 9.49. The lowest BCUT2D eigenvalue weighted by Gasteiger charge is -2.33. The number of fused-ring (bicyclic) bond motifs is 1. The molecule has 1 atom stereocenters. The third-order valence-electron chi connectivity index (χ3n) is 4.67. The standard InChI is InChI=1S/C22H21N3O4/c26-19(24-15-17-9-6-14-28-17)11-5-13-25-21-18(10-4-12-23-21)29-20(22(25)27)16-7-2-1-3-8-16/h1-4,6-10,12,14,20H,5,11,13,15H2,(H,24,26)/t20-/m0/s1. The fraction of sp³-hybridized carbons (Fsp3) is 0.227. The van der Waals surface area contributed by atoms with Crippen LogP contribution in [0, 0.1) is 0 Å². The van der Waals surface area contributed by atoms with E-state index in [4.69, 9.17) is 9.15 Å². The summed E-state index contributed by atoms with van der Waals surface area (Å²) in [4.78, 5) is 31.1. The van der Waals surface area contributed by atoms with Crippen LogP contribution in [-0.4, -0.2) is 23.3 Å². The van der Waals surface area contributed by atoms with E-state index in [9.17, 15) is 9.59 Å². The third-order valence-corrected chi connectivity index (χ3v) is 4.67. The van der Waals surface area contributed by atoms with Crippen molar-refractivity contribution in [3.8, 4) is 5.75 Å². The number of benzene rings is 1. The molecule has 4 rings (SSSR count). The van der Waals surface area contributed by atoms with E-state index in [0.717, 1.165) is 5.56 Å². The molecule has 0 spiro atoms. The van der Waals surface area contributed by atoms with Crippen LogP contribution in [-0.2, 0) is 16.1 Å². The number of carbonyl (C=O) groups excluding carboxylic acids is 2. The molecule has 0 unspecified atom stereocenters. The van der Waals surface area contributed by atoms with E-state index in [1.807, 2.05) is 30.3 Å². The summed E-state index contributed by atoms with van der Waals surface area (Å²) in [5, 5.41) is 2.81. The van der Waals surface area contributed by atoms with E-state index >= 15 is 0 Å². The predicted molar refractivity (Wildman–Crippen MR) is 106 cm³/mol. The van der Waals surface area contributed by atoms with Gasteiger partial charge in [-0.25, -0.2) is 4.98 Å². The Balaban J connectivity index is 1.41. The van der Waals surface area contributed by atoms with Gasteiger partial charge in [0.15, 0.2) is 11.6 Å². The molecule has 1 aliphatic heterocycles. The molecule has 1 N–H and O–H groups in total. The van der Waals surface area contributed by atoms with Gasteiger partial charge in [-0.15, -0.1) is 0 Å². The van der Waals surface area contributed by atoms with Crippen LogP contribution in [0.25, 0.3) is 0 Å². The molecule has 7 nitrogen and oxygen atoms in total. The molecular formula is C22H21N3O4. The van der Waals surface area contributed by atoms with Gasteiger partial charge in [0.2, 0.25) is 12.0 Å². The molecule has 1 aromatic carbocycles. The highest BCUT2D eigenvalue weighted by Gasteiger charge is 2.36. The van der Waals surface area contributed by atoms with Crippen molar-refractivity contribution in [3.63, 3.8) is 0 Å². The topological polar surface area (TPSA) is 84.7 Å². The van der Waals surface area contributed by atoms with E-state index in [2.05, 4.69) is 10.3 Å². The molecule has 29 heavy (non-hydrogen) atoms. The average molecular weight is 391 g/mol. The zero-order valence-corrected chi connectivity index (χ0v) is 15.8. The van der Waals surface area contributed by atoms with Crippen LogP contribution in [0.4, 0.5) is 5.82 Å². The first-order valence-electron chi connectivity index (χ1n) is 9.49. The smallest absolute Gasteiger partial charge is 0.274 e. The summed E-state index contributed by atoms with van der Waals surface area (Å²) < 4.78 is 11.1. The molecule has 7 heteroatoms. The number of nitrogens with one attached hydrogen (secondary N) is 1. The van der Waals surface area contributed by atoms with Crippen molar-refractivity contribution < 1.29 is 18.7 Å². The second-order valence-electron chi connectivity index (χ2n) is 6.68. The van der Waals surface area contributed by atoms with E-state index in [-0.39, 0.29) is 11.8 Å². The normalized spacial score (nSPS) is 15.5. The monoisotopic (exact) mass is 391 g/mol.